The van der Waals surface area contributed by atoms with Gasteiger partial charge in [0, 0.05) is 19.8 Å². The van der Waals surface area contributed by atoms with Gasteiger partial charge in [0.15, 0.2) is 5.76 Å². The van der Waals surface area contributed by atoms with E-state index in [0.29, 0.717) is 23.9 Å². The molecule has 3 rings (SSSR count). The van der Waals surface area contributed by atoms with Gasteiger partial charge in [0.1, 0.15) is 11.5 Å². The van der Waals surface area contributed by atoms with E-state index in [1.54, 1.807) is 54.5 Å². The molecular weight excluding hydrogens is 330 g/mol. The fraction of sp³-hybridized carbons (Fsp3) is 0.176. The van der Waals surface area contributed by atoms with Gasteiger partial charge in [-0.05, 0) is 29.8 Å². The summed E-state index contributed by atoms with van der Waals surface area (Å²) in [5.74, 6) is 0.810. The van der Waals surface area contributed by atoms with Crippen molar-refractivity contribution in [3.63, 3.8) is 0 Å². The average molecular weight is 346 g/mol. The van der Waals surface area contributed by atoms with Crippen LogP contribution in [0.15, 0.2) is 53.2 Å². The Hall–Kier alpha value is -2.73. The molecule has 0 saturated heterocycles. The highest BCUT2D eigenvalue weighted by Gasteiger charge is 2.16. The summed E-state index contributed by atoms with van der Waals surface area (Å²) >= 11 is 5.82. The molecule has 0 aliphatic rings. The lowest BCUT2D eigenvalue weighted by Crippen LogP contribution is -2.25. The first-order valence-corrected chi connectivity index (χ1v) is 7.69. The first kappa shape index (κ1) is 16.1. The van der Waals surface area contributed by atoms with Gasteiger partial charge in [-0.2, -0.15) is 5.10 Å². The van der Waals surface area contributed by atoms with Crippen LogP contribution in [0.5, 0.6) is 5.75 Å². The zero-order chi connectivity index (χ0) is 17.1. The van der Waals surface area contributed by atoms with Crippen LogP contribution in [0.1, 0.15) is 21.9 Å². The third-order valence-electron chi connectivity index (χ3n) is 3.47. The Balaban J connectivity index is 1.66. The van der Waals surface area contributed by atoms with Crippen molar-refractivity contribution >= 4 is 17.5 Å². The Morgan fingerprint density at radius 2 is 2.21 bits per heavy atom. The Morgan fingerprint density at radius 1 is 1.38 bits per heavy atom. The summed E-state index contributed by atoms with van der Waals surface area (Å²) in [6, 6.07) is 10.2. The molecule has 3 aromatic rings. The zero-order valence-corrected chi connectivity index (χ0v) is 13.8. The van der Waals surface area contributed by atoms with Crippen LogP contribution in [-0.4, -0.2) is 32.7 Å². The number of halogens is 1. The molecule has 2 aromatic heterocycles. The maximum Gasteiger partial charge on any atom is 0.289 e. The van der Waals surface area contributed by atoms with Crippen LogP contribution in [0.4, 0.5) is 0 Å². The van der Waals surface area contributed by atoms with E-state index < -0.39 is 0 Å². The van der Waals surface area contributed by atoms with Crippen LogP contribution in [-0.2, 0) is 13.1 Å². The molecule has 6 nitrogen and oxygen atoms in total. The number of aromatic nitrogens is 2. The highest BCUT2D eigenvalue weighted by atomic mass is 35.5. The normalized spacial score (nSPS) is 10.8. The molecule has 0 radical (unpaired) electrons. The van der Waals surface area contributed by atoms with Crippen molar-refractivity contribution in [2.24, 2.45) is 0 Å². The number of rotatable bonds is 5. The summed E-state index contributed by atoms with van der Waals surface area (Å²) in [6.07, 6.45) is 3.22. The zero-order valence-electron chi connectivity index (χ0n) is 13.0. The van der Waals surface area contributed by atoms with E-state index in [9.17, 15) is 9.90 Å². The predicted octanol–water partition coefficient (Wildman–Crippen LogP) is 3.16. The monoisotopic (exact) mass is 345 g/mol. The summed E-state index contributed by atoms with van der Waals surface area (Å²) < 4.78 is 7.23. The smallest absolute Gasteiger partial charge is 0.289 e. The van der Waals surface area contributed by atoms with E-state index in [1.165, 1.54) is 4.90 Å². The Bertz CT molecular complexity index is 856. The van der Waals surface area contributed by atoms with Crippen molar-refractivity contribution in [3.8, 4) is 5.75 Å². The third-order valence-corrected chi connectivity index (χ3v) is 3.66. The second-order valence-electron chi connectivity index (χ2n) is 5.45. The van der Waals surface area contributed by atoms with Crippen LogP contribution in [0.25, 0.3) is 0 Å². The number of phenolic OH excluding ortho intramolecular Hbond substituents is 1. The average Bonchev–Trinajstić information content (AvgIpc) is 3.16. The van der Waals surface area contributed by atoms with Crippen molar-refractivity contribution in [3.05, 3.63) is 70.9 Å². The van der Waals surface area contributed by atoms with Crippen molar-refractivity contribution in [1.82, 2.24) is 14.7 Å². The summed E-state index contributed by atoms with van der Waals surface area (Å²) in [7, 11) is 1.68. The maximum absolute atomic E-state index is 12.4. The largest absolute Gasteiger partial charge is 0.508 e. The van der Waals surface area contributed by atoms with Gasteiger partial charge in [-0.1, -0.05) is 23.7 Å². The maximum atomic E-state index is 12.4. The Kier molecular flexibility index (Phi) is 4.57. The van der Waals surface area contributed by atoms with Crippen molar-refractivity contribution in [2.45, 2.75) is 13.1 Å². The highest BCUT2D eigenvalue weighted by Crippen LogP contribution is 2.16. The standard InChI is InChI=1S/C17H16ClN3O3/c1-20(9-12-3-2-4-14(22)7-12)17(23)16-6-5-15(24-16)11-21-10-13(18)8-19-21/h2-8,10,22H,9,11H2,1H3. The van der Waals surface area contributed by atoms with Gasteiger partial charge in [0.25, 0.3) is 5.91 Å². The summed E-state index contributed by atoms with van der Waals surface area (Å²) in [6.45, 7) is 0.772. The molecule has 24 heavy (non-hydrogen) atoms. The third kappa shape index (κ3) is 3.78. The number of hydrogen-bond donors (Lipinski definition) is 1. The number of carbonyl (C=O) groups is 1. The van der Waals surface area contributed by atoms with Gasteiger partial charge < -0.3 is 14.4 Å². The molecule has 0 aliphatic heterocycles. The molecule has 1 N–H and O–H groups in total. The van der Waals surface area contributed by atoms with E-state index in [4.69, 9.17) is 16.0 Å². The SMILES string of the molecule is CN(Cc1cccc(O)c1)C(=O)c1ccc(Cn2cc(Cl)cn2)o1. The number of phenols is 1. The van der Waals surface area contributed by atoms with Crippen LogP contribution in [0.2, 0.25) is 5.02 Å². The van der Waals surface area contributed by atoms with Crippen molar-refractivity contribution < 1.29 is 14.3 Å². The molecule has 0 bridgehead atoms. The van der Waals surface area contributed by atoms with Crippen molar-refractivity contribution in [1.29, 1.82) is 0 Å². The van der Waals surface area contributed by atoms with Crippen molar-refractivity contribution in [2.75, 3.05) is 7.05 Å². The molecular formula is C17H16ClN3O3. The molecule has 0 unspecified atom stereocenters. The summed E-state index contributed by atoms with van der Waals surface area (Å²) in [5.41, 5.74) is 0.837. The van der Waals surface area contributed by atoms with E-state index in [2.05, 4.69) is 5.10 Å². The number of aromatic hydroxyl groups is 1. The predicted molar refractivity (Wildman–Crippen MR) is 89.0 cm³/mol. The quantitative estimate of drug-likeness (QED) is 0.771. The minimum absolute atomic E-state index is 0.173. The van der Waals surface area contributed by atoms with Crippen LogP contribution in [0.3, 0.4) is 0 Å². The number of benzene rings is 1. The topological polar surface area (TPSA) is 71.5 Å². The lowest BCUT2D eigenvalue weighted by Gasteiger charge is -2.15. The highest BCUT2D eigenvalue weighted by molar-refractivity contribution is 6.30. The molecule has 0 atom stereocenters. The molecule has 7 heteroatoms. The van der Waals surface area contributed by atoms with Gasteiger partial charge >= 0.3 is 0 Å². The molecule has 0 aliphatic carbocycles. The molecule has 1 amide bonds. The fourth-order valence-corrected chi connectivity index (χ4v) is 2.51. The Labute approximate surface area is 143 Å². The van der Waals surface area contributed by atoms with E-state index in [0.717, 1.165) is 5.56 Å². The molecule has 0 saturated carbocycles. The lowest BCUT2D eigenvalue weighted by molar-refractivity contribution is 0.0751. The van der Waals surface area contributed by atoms with Gasteiger partial charge in [-0.25, -0.2) is 0 Å². The van der Waals surface area contributed by atoms with Gasteiger partial charge in [0.05, 0.1) is 17.8 Å². The van der Waals surface area contributed by atoms with E-state index >= 15 is 0 Å². The molecule has 0 fully saturated rings. The van der Waals surface area contributed by atoms with Gasteiger partial charge in [-0.3, -0.25) is 9.48 Å². The summed E-state index contributed by atoms with van der Waals surface area (Å²) in [4.78, 5) is 14.0. The molecule has 2 heterocycles. The van der Waals surface area contributed by atoms with Crippen LogP contribution >= 0.6 is 11.6 Å². The van der Waals surface area contributed by atoms with E-state index in [-0.39, 0.29) is 17.4 Å². The fourth-order valence-electron chi connectivity index (χ4n) is 2.35. The van der Waals surface area contributed by atoms with Gasteiger partial charge in [0.2, 0.25) is 0 Å². The number of furan rings is 1. The lowest BCUT2D eigenvalue weighted by atomic mass is 10.2. The minimum Gasteiger partial charge on any atom is -0.508 e. The Morgan fingerprint density at radius 3 is 2.92 bits per heavy atom. The number of carbonyl (C=O) groups excluding carboxylic acids is 1. The number of hydrogen-bond acceptors (Lipinski definition) is 4. The van der Waals surface area contributed by atoms with Gasteiger partial charge in [-0.15, -0.1) is 0 Å². The number of nitrogens with zero attached hydrogens (tertiary/aromatic N) is 3. The second-order valence-corrected chi connectivity index (χ2v) is 5.89. The second kappa shape index (κ2) is 6.80. The first-order valence-electron chi connectivity index (χ1n) is 7.31. The van der Waals surface area contributed by atoms with Crippen LogP contribution < -0.4 is 0 Å². The number of amides is 1. The van der Waals surface area contributed by atoms with Crippen LogP contribution in [0, 0.1) is 0 Å². The minimum atomic E-state index is -0.233. The molecule has 0 spiro atoms. The summed E-state index contributed by atoms with van der Waals surface area (Å²) in [5, 5.41) is 14.1. The molecule has 1 aromatic carbocycles. The van der Waals surface area contributed by atoms with E-state index in [1.807, 2.05) is 6.07 Å². The molecule has 124 valence electrons. The first-order chi connectivity index (χ1) is 11.5.